The third kappa shape index (κ3) is 1.77. The fourth-order valence-corrected chi connectivity index (χ4v) is 0.616. The lowest BCUT2D eigenvalue weighted by atomic mass is 10.3. The first kappa shape index (κ1) is 7.24. The van der Waals surface area contributed by atoms with Crippen LogP contribution >= 0.6 is 0 Å². The fraction of sp³-hybridized carbons (Fsp3) is 0. The van der Waals surface area contributed by atoms with E-state index in [1.807, 2.05) is 0 Å². The summed E-state index contributed by atoms with van der Waals surface area (Å²) >= 11 is 0. The van der Waals surface area contributed by atoms with Crippen molar-refractivity contribution in [3.05, 3.63) is 34.5 Å². The molecule has 0 fully saturated rings. The first-order chi connectivity index (χ1) is 5.36. The number of pyridine rings is 1. The molecule has 0 aliphatic rings. The number of hydrogen-bond acceptors (Lipinski definition) is 3. The smallest absolute Gasteiger partial charge is 0.151 e. The van der Waals surface area contributed by atoms with Gasteiger partial charge in [-0.15, -0.1) is 0 Å². The number of rotatable bonds is 2. The second kappa shape index (κ2) is 3.34. The van der Waals surface area contributed by atoms with Gasteiger partial charge in [0, 0.05) is 22.9 Å². The molecule has 0 aliphatic heterocycles. The summed E-state index contributed by atoms with van der Waals surface area (Å²) in [5.41, 5.74) is 8.77. The van der Waals surface area contributed by atoms with Gasteiger partial charge in [0.1, 0.15) is 0 Å². The van der Waals surface area contributed by atoms with E-state index in [0.29, 0.717) is 17.5 Å². The van der Waals surface area contributed by atoms with Gasteiger partial charge in [0.05, 0.1) is 5.69 Å². The molecule has 5 nitrogen and oxygen atoms in total. The van der Waals surface area contributed by atoms with Gasteiger partial charge in [0.2, 0.25) is 0 Å². The minimum Gasteiger partial charge on any atom is -0.298 e. The molecule has 5 heteroatoms. The molecule has 54 valence electrons. The molecule has 0 bridgehead atoms. The van der Waals surface area contributed by atoms with Crippen LogP contribution in [-0.2, 0) is 0 Å². The number of aldehydes is 1. The standard InChI is InChI=1S/C6H4N4O/c7-10-9-6-1-5(4-11)2-8-3-6/h1-4H. The highest BCUT2D eigenvalue weighted by atomic mass is 16.1. The molecule has 1 aromatic rings. The maximum Gasteiger partial charge on any atom is 0.151 e. The predicted molar refractivity (Wildman–Crippen MR) is 38.4 cm³/mol. The average Bonchev–Trinajstić information content (AvgIpc) is 2.06. The molecule has 1 aromatic heterocycles. The molecule has 1 rings (SSSR count). The Morgan fingerprint density at radius 2 is 2.45 bits per heavy atom. The van der Waals surface area contributed by atoms with E-state index in [0.717, 1.165) is 0 Å². The van der Waals surface area contributed by atoms with Gasteiger partial charge in [-0.25, -0.2) is 0 Å². The van der Waals surface area contributed by atoms with Crippen molar-refractivity contribution >= 4 is 12.0 Å². The molecule has 11 heavy (non-hydrogen) atoms. The molecule has 0 N–H and O–H groups in total. The van der Waals surface area contributed by atoms with Gasteiger partial charge in [-0.1, -0.05) is 5.11 Å². The SMILES string of the molecule is [N-]=[N+]=Nc1cncc(C=O)c1. The zero-order chi connectivity index (χ0) is 8.10. The molecule has 0 saturated carbocycles. The van der Waals surface area contributed by atoms with Gasteiger partial charge >= 0.3 is 0 Å². The van der Waals surface area contributed by atoms with E-state index in [4.69, 9.17) is 5.53 Å². The lowest BCUT2D eigenvalue weighted by molar-refractivity contribution is 0.112. The van der Waals surface area contributed by atoms with Gasteiger partial charge in [0.25, 0.3) is 0 Å². The monoisotopic (exact) mass is 148 g/mol. The summed E-state index contributed by atoms with van der Waals surface area (Å²) in [4.78, 5) is 16.4. The zero-order valence-electron chi connectivity index (χ0n) is 5.51. The summed E-state index contributed by atoms with van der Waals surface area (Å²) in [5, 5.41) is 3.27. The molecular formula is C6H4N4O. The normalized spacial score (nSPS) is 8.36. The Labute approximate surface area is 62.3 Å². The second-order valence-electron chi connectivity index (χ2n) is 1.78. The van der Waals surface area contributed by atoms with Crippen LogP contribution in [0.15, 0.2) is 23.6 Å². The number of aromatic nitrogens is 1. The van der Waals surface area contributed by atoms with Crippen molar-refractivity contribution in [1.82, 2.24) is 4.98 Å². The zero-order valence-corrected chi connectivity index (χ0v) is 5.51. The molecule has 0 aromatic carbocycles. The van der Waals surface area contributed by atoms with Crippen molar-refractivity contribution in [3.63, 3.8) is 0 Å². The summed E-state index contributed by atoms with van der Waals surface area (Å²) in [6, 6.07) is 1.46. The van der Waals surface area contributed by atoms with Crippen LogP contribution in [0.3, 0.4) is 0 Å². The van der Waals surface area contributed by atoms with Crippen molar-refractivity contribution in [1.29, 1.82) is 0 Å². The van der Waals surface area contributed by atoms with E-state index in [1.165, 1.54) is 18.5 Å². The molecular weight excluding hydrogens is 144 g/mol. The predicted octanol–water partition coefficient (Wildman–Crippen LogP) is 1.84. The molecule has 0 aliphatic carbocycles. The van der Waals surface area contributed by atoms with Crippen LogP contribution in [-0.4, -0.2) is 11.3 Å². The van der Waals surface area contributed by atoms with E-state index >= 15 is 0 Å². The van der Waals surface area contributed by atoms with E-state index < -0.39 is 0 Å². The van der Waals surface area contributed by atoms with E-state index in [2.05, 4.69) is 15.0 Å². The van der Waals surface area contributed by atoms with Crippen LogP contribution in [0.5, 0.6) is 0 Å². The number of carbonyl (C=O) groups excluding carboxylic acids is 1. The van der Waals surface area contributed by atoms with Crippen LogP contribution in [0.25, 0.3) is 10.4 Å². The van der Waals surface area contributed by atoms with Crippen molar-refractivity contribution in [2.24, 2.45) is 5.11 Å². The summed E-state index contributed by atoms with van der Waals surface area (Å²) in [6.45, 7) is 0. The molecule has 0 radical (unpaired) electrons. The molecule has 0 saturated heterocycles. The Bertz CT molecular complexity index is 316. The summed E-state index contributed by atoms with van der Waals surface area (Å²) in [6.07, 6.45) is 3.42. The summed E-state index contributed by atoms with van der Waals surface area (Å²) in [7, 11) is 0. The molecule has 0 spiro atoms. The van der Waals surface area contributed by atoms with E-state index in [-0.39, 0.29) is 0 Å². The Hall–Kier alpha value is -1.87. The molecule has 0 unspecified atom stereocenters. The fourth-order valence-electron chi connectivity index (χ4n) is 0.616. The Kier molecular flexibility index (Phi) is 2.20. The van der Waals surface area contributed by atoms with Crippen molar-refractivity contribution in [2.45, 2.75) is 0 Å². The quantitative estimate of drug-likeness (QED) is 0.277. The highest BCUT2D eigenvalue weighted by Gasteiger charge is 1.91. The Morgan fingerprint density at radius 3 is 3.09 bits per heavy atom. The third-order valence-corrected chi connectivity index (χ3v) is 1.04. The molecule has 1 heterocycles. The van der Waals surface area contributed by atoms with Crippen molar-refractivity contribution < 1.29 is 4.79 Å². The lowest BCUT2D eigenvalue weighted by Crippen LogP contribution is -1.79. The van der Waals surface area contributed by atoms with Crippen LogP contribution in [0.2, 0.25) is 0 Å². The largest absolute Gasteiger partial charge is 0.298 e. The summed E-state index contributed by atoms with van der Waals surface area (Å²) < 4.78 is 0. The highest BCUT2D eigenvalue weighted by molar-refractivity contribution is 5.75. The van der Waals surface area contributed by atoms with Gasteiger partial charge in [-0.3, -0.25) is 9.78 Å². The van der Waals surface area contributed by atoms with E-state index in [9.17, 15) is 4.79 Å². The molecule has 0 atom stereocenters. The first-order valence-corrected chi connectivity index (χ1v) is 2.82. The number of hydrogen-bond donors (Lipinski definition) is 0. The molecule has 0 amide bonds. The Balaban J connectivity index is 3.09. The van der Waals surface area contributed by atoms with Crippen molar-refractivity contribution in [2.75, 3.05) is 0 Å². The number of carbonyl (C=O) groups is 1. The van der Waals surface area contributed by atoms with Crippen LogP contribution in [0.1, 0.15) is 10.4 Å². The van der Waals surface area contributed by atoms with Gasteiger partial charge < -0.3 is 0 Å². The first-order valence-electron chi connectivity index (χ1n) is 2.82. The maximum atomic E-state index is 10.2. The average molecular weight is 148 g/mol. The lowest BCUT2D eigenvalue weighted by Gasteiger charge is -1.89. The van der Waals surface area contributed by atoms with Crippen LogP contribution in [0, 0.1) is 0 Å². The highest BCUT2D eigenvalue weighted by Crippen LogP contribution is 2.10. The third-order valence-electron chi connectivity index (χ3n) is 1.04. The summed E-state index contributed by atoms with van der Waals surface area (Å²) in [5.74, 6) is 0. The van der Waals surface area contributed by atoms with Crippen LogP contribution < -0.4 is 0 Å². The number of azide groups is 1. The Morgan fingerprint density at radius 1 is 1.64 bits per heavy atom. The second-order valence-corrected chi connectivity index (χ2v) is 1.78. The van der Waals surface area contributed by atoms with Crippen molar-refractivity contribution in [3.8, 4) is 0 Å². The van der Waals surface area contributed by atoms with Gasteiger partial charge in [-0.2, -0.15) is 0 Å². The minimum atomic E-state index is 0.345. The van der Waals surface area contributed by atoms with Gasteiger partial charge in [0.15, 0.2) is 6.29 Å². The maximum absolute atomic E-state index is 10.2. The van der Waals surface area contributed by atoms with Crippen LogP contribution in [0.4, 0.5) is 5.69 Å². The minimum absolute atomic E-state index is 0.345. The topological polar surface area (TPSA) is 78.7 Å². The number of nitrogens with zero attached hydrogens (tertiary/aromatic N) is 4. The van der Waals surface area contributed by atoms with Gasteiger partial charge in [-0.05, 0) is 11.6 Å². The van der Waals surface area contributed by atoms with E-state index in [1.54, 1.807) is 0 Å².